The molecule has 0 amide bonds. The fourth-order valence-corrected chi connectivity index (χ4v) is 4.05. The number of hydrogen-bond donors (Lipinski definition) is 0. The first-order chi connectivity index (χ1) is 12.6. The van der Waals surface area contributed by atoms with E-state index in [4.69, 9.17) is 0 Å². The fourth-order valence-electron chi connectivity index (χ4n) is 4.05. The predicted octanol–water partition coefficient (Wildman–Crippen LogP) is 4.73. The van der Waals surface area contributed by atoms with Crippen LogP contribution in [-0.4, -0.2) is 23.4 Å². The Balaban J connectivity index is 1.63. The molecule has 0 fully saturated rings. The maximum absolute atomic E-state index is 13.1. The molecule has 132 valence electrons. The Morgan fingerprint density at radius 2 is 1.73 bits per heavy atom. The molecule has 1 aliphatic rings. The van der Waals surface area contributed by atoms with Gasteiger partial charge in [-0.3, -0.25) is 4.79 Å². The third-order valence-corrected chi connectivity index (χ3v) is 5.29. The molecule has 3 aromatic rings. The molecule has 0 unspecified atom stereocenters. The SMILES string of the molecule is Cc1cc(C(=O)CN2CCCc3ccccc32)c(C)n1-c1ccccc1. The van der Waals surface area contributed by atoms with E-state index in [-0.39, 0.29) is 5.78 Å². The Hall–Kier alpha value is -2.81. The number of aryl methyl sites for hydroxylation is 2. The summed E-state index contributed by atoms with van der Waals surface area (Å²) in [5, 5.41) is 0. The van der Waals surface area contributed by atoms with E-state index in [1.165, 1.54) is 11.3 Å². The predicted molar refractivity (Wildman–Crippen MR) is 107 cm³/mol. The largest absolute Gasteiger partial charge is 0.364 e. The zero-order valence-electron chi connectivity index (χ0n) is 15.4. The van der Waals surface area contributed by atoms with Gasteiger partial charge in [-0.1, -0.05) is 36.4 Å². The summed E-state index contributed by atoms with van der Waals surface area (Å²) in [6.45, 7) is 5.49. The van der Waals surface area contributed by atoms with E-state index in [9.17, 15) is 4.79 Å². The van der Waals surface area contributed by atoms with Crippen LogP contribution in [0.15, 0.2) is 60.7 Å². The van der Waals surface area contributed by atoms with E-state index in [0.29, 0.717) is 6.54 Å². The number of nitrogens with zero attached hydrogens (tertiary/aromatic N) is 2. The topological polar surface area (TPSA) is 25.2 Å². The summed E-state index contributed by atoms with van der Waals surface area (Å²) in [5.41, 5.74) is 6.60. The van der Waals surface area contributed by atoms with Crippen molar-refractivity contribution in [1.29, 1.82) is 0 Å². The minimum atomic E-state index is 0.192. The second kappa shape index (κ2) is 6.83. The van der Waals surface area contributed by atoms with Gasteiger partial charge in [-0.2, -0.15) is 0 Å². The molecular formula is C23H24N2O. The van der Waals surface area contributed by atoms with Gasteiger partial charge in [0.05, 0.1) is 6.54 Å². The Kier molecular flexibility index (Phi) is 4.37. The first-order valence-electron chi connectivity index (χ1n) is 9.25. The summed E-state index contributed by atoms with van der Waals surface area (Å²) in [6.07, 6.45) is 2.21. The number of benzene rings is 2. The first-order valence-corrected chi connectivity index (χ1v) is 9.25. The number of fused-ring (bicyclic) bond motifs is 1. The lowest BCUT2D eigenvalue weighted by atomic mass is 10.0. The third kappa shape index (κ3) is 2.94. The number of para-hydroxylation sites is 2. The average Bonchev–Trinajstić information content (AvgIpc) is 2.97. The molecule has 0 radical (unpaired) electrons. The molecule has 0 spiro atoms. The molecule has 2 heterocycles. The van der Waals surface area contributed by atoms with E-state index in [2.05, 4.69) is 52.8 Å². The molecule has 0 atom stereocenters. The fraction of sp³-hybridized carbons (Fsp3) is 0.261. The van der Waals surface area contributed by atoms with Crippen LogP contribution in [0.2, 0.25) is 0 Å². The molecule has 0 saturated carbocycles. The number of rotatable bonds is 4. The molecular weight excluding hydrogens is 320 g/mol. The summed E-state index contributed by atoms with van der Waals surface area (Å²) in [7, 11) is 0. The van der Waals surface area contributed by atoms with E-state index in [1.54, 1.807) is 0 Å². The molecule has 26 heavy (non-hydrogen) atoms. The zero-order valence-corrected chi connectivity index (χ0v) is 15.4. The van der Waals surface area contributed by atoms with Gasteiger partial charge in [-0.05, 0) is 56.5 Å². The quantitative estimate of drug-likeness (QED) is 0.639. The molecule has 3 nitrogen and oxygen atoms in total. The standard InChI is InChI=1S/C23H24N2O/c1-17-15-21(18(2)25(17)20-11-4-3-5-12-20)23(26)16-24-14-8-10-19-9-6-7-13-22(19)24/h3-7,9,11-13,15H,8,10,14,16H2,1-2H3. The molecule has 4 rings (SSSR count). The maximum Gasteiger partial charge on any atom is 0.183 e. The van der Waals surface area contributed by atoms with Gasteiger partial charge in [-0.15, -0.1) is 0 Å². The summed E-state index contributed by atoms with van der Waals surface area (Å²) >= 11 is 0. The molecule has 0 bridgehead atoms. The Bertz CT molecular complexity index is 940. The van der Waals surface area contributed by atoms with Crippen LogP contribution in [0.5, 0.6) is 0 Å². The van der Waals surface area contributed by atoms with Crippen molar-refractivity contribution in [2.24, 2.45) is 0 Å². The van der Waals surface area contributed by atoms with Crippen LogP contribution in [0.1, 0.15) is 33.7 Å². The van der Waals surface area contributed by atoms with Gasteiger partial charge in [0.15, 0.2) is 5.78 Å². The minimum absolute atomic E-state index is 0.192. The summed E-state index contributed by atoms with van der Waals surface area (Å²) < 4.78 is 2.16. The number of ketones is 1. The molecule has 1 aliphatic heterocycles. The third-order valence-electron chi connectivity index (χ3n) is 5.29. The van der Waals surface area contributed by atoms with Gasteiger partial charge >= 0.3 is 0 Å². The zero-order chi connectivity index (χ0) is 18.1. The van der Waals surface area contributed by atoms with Crippen molar-refractivity contribution in [2.45, 2.75) is 26.7 Å². The lowest BCUT2D eigenvalue weighted by Crippen LogP contribution is -2.34. The van der Waals surface area contributed by atoms with Crippen LogP contribution >= 0.6 is 0 Å². The smallest absolute Gasteiger partial charge is 0.183 e. The van der Waals surface area contributed by atoms with Crippen molar-refractivity contribution in [2.75, 3.05) is 18.0 Å². The van der Waals surface area contributed by atoms with E-state index >= 15 is 0 Å². The number of aromatic nitrogens is 1. The van der Waals surface area contributed by atoms with Crippen molar-refractivity contribution in [3.63, 3.8) is 0 Å². The summed E-state index contributed by atoms with van der Waals surface area (Å²) in [4.78, 5) is 15.3. The molecule has 0 N–H and O–H groups in total. The number of carbonyl (C=O) groups excluding carboxylic acids is 1. The highest BCUT2D eigenvalue weighted by Crippen LogP contribution is 2.27. The van der Waals surface area contributed by atoms with E-state index < -0.39 is 0 Å². The lowest BCUT2D eigenvalue weighted by molar-refractivity contribution is 0.0998. The Morgan fingerprint density at radius 1 is 1.00 bits per heavy atom. The number of carbonyl (C=O) groups is 1. The van der Waals surface area contributed by atoms with Crippen molar-refractivity contribution >= 4 is 11.5 Å². The summed E-state index contributed by atoms with van der Waals surface area (Å²) in [5.74, 6) is 0.192. The minimum Gasteiger partial charge on any atom is -0.364 e. The van der Waals surface area contributed by atoms with Gasteiger partial charge in [0, 0.05) is 34.9 Å². The highest BCUT2D eigenvalue weighted by molar-refractivity contribution is 6.00. The molecule has 0 aliphatic carbocycles. The molecule has 1 aromatic heterocycles. The van der Waals surface area contributed by atoms with Gasteiger partial charge in [0.25, 0.3) is 0 Å². The van der Waals surface area contributed by atoms with Gasteiger partial charge < -0.3 is 9.47 Å². The van der Waals surface area contributed by atoms with Crippen LogP contribution in [0.25, 0.3) is 5.69 Å². The van der Waals surface area contributed by atoms with Crippen LogP contribution < -0.4 is 4.90 Å². The second-order valence-electron chi connectivity index (χ2n) is 7.03. The average molecular weight is 344 g/mol. The van der Waals surface area contributed by atoms with Crippen LogP contribution in [0.3, 0.4) is 0 Å². The van der Waals surface area contributed by atoms with Crippen molar-refractivity contribution in [3.05, 3.63) is 83.2 Å². The normalized spacial score (nSPS) is 13.5. The van der Waals surface area contributed by atoms with Gasteiger partial charge in [0.1, 0.15) is 0 Å². The summed E-state index contributed by atoms with van der Waals surface area (Å²) in [6, 6.07) is 20.7. The monoisotopic (exact) mass is 344 g/mol. The Labute approximate surface area is 154 Å². The van der Waals surface area contributed by atoms with E-state index in [0.717, 1.165) is 42.0 Å². The van der Waals surface area contributed by atoms with Crippen LogP contribution in [0.4, 0.5) is 5.69 Å². The van der Waals surface area contributed by atoms with Crippen molar-refractivity contribution in [3.8, 4) is 5.69 Å². The van der Waals surface area contributed by atoms with E-state index in [1.807, 2.05) is 31.2 Å². The van der Waals surface area contributed by atoms with Gasteiger partial charge in [-0.25, -0.2) is 0 Å². The molecule has 0 saturated heterocycles. The number of anilines is 1. The maximum atomic E-state index is 13.1. The van der Waals surface area contributed by atoms with Crippen molar-refractivity contribution in [1.82, 2.24) is 4.57 Å². The lowest BCUT2D eigenvalue weighted by Gasteiger charge is -2.30. The highest BCUT2D eigenvalue weighted by atomic mass is 16.1. The van der Waals surface area contributed by atoms with Crippen molar-refractivity contribution < 1.29 is 4.79 Å². The number of hydrogen-bond acceptors (Lipinski definition) is 2. The molecule has 3 heteroatoms. The van der Waals surface area contributed by atoms with Crippen LogP contribution in [0, 0.1) is 13.8 Å². The first kappa shape index (κ1) is 16.6. The highest BCUT2D eigenvalue weighted by Gasteiger charge is 2.22. The second-order valence-corrected chi connectivity index (χ2v) is 7.03. The Morgan fingerprint density at radius 3 is 2.54 bits per heavy atom. The molecule has 2 aromatic carbocycles. The van der Waals surface area contributed by atoms with Crippen LogP contribution in [-0.2, 0) is 6.42 Å². The number of Topliss-reactive ketones (excluding diaryl/α,β-unsaturated/α-hetero) is 1. The van der Waals surface area contributed by atoms with Gasteiger partial charge in [0.2, 0.25) is 0 Å².